The maximum Gasteiger partial charge on any atom is 0.0722 e. The Kier molecular flexibility index (Phi) is 5.72. The Labute approximate surface area is 128 Å². The fourth-order valence-corrected chi connectivity index (χ4v) is 3.76. The summed E-state index contributed by atoms with van der Waals surface area (Å²) in [7, 11) is 0. The lowest BCUT2D eigenvalue weighted by Crippen LogP contribution is -2.38. The van der Waals surface area contributed by atoms with Gasteiger partial charge in [0, 0.05) is 17.7 Å². The van der Waals surface area contributed by atoms with Gasteiger partial charge in [-0.2, -0.15) is 5.10 Å². The molecule has 1 aromatic heterocycles. The first-order valence-corrected chi connectivity index (χ1v) is 7.10. The van der Waals surface area contributed by atoms with E-state index in [0.29, 0.717) is 5.41 Å². The molecule has 1 aliphatic heterocycles. The minimum atomic E-state index is 0. The Morgan fingerprint density at radius 1 is 1.16 bits per heavy atom. The predicted molar refractivity (Wildman–Crippen MR) is 83.9 cm³/mol. The molecule has 1 aromatic rings. The molecule has 1 fully saturated rings. The molecule has 2 heterocycles. The monoisotopic (exact) mass is 305 g/mol. The highest BCUT2D eigenvalue weighted by atomic mass is 35.5. The van der Waals surface area contributed by atoms with Crippen LogP contribution >= 0.6 is 24.8 Å². The Morgan fingerprint density at radius 3 is 2.42 bits per heavy atom. The van der Waals surface area contributed by atoms with Crippen LogP contribution in [-0.4, -0.2) is 22.9 Å². The van der Waals surface area contributed by atoms with Crippen molar-refractivity contribution in [1.29, 1.82) is 0 Å². The van der Waals surface area contributed by atoms with Gasteiger partial charge in [-0.25, -0.2) is 0 Å². The number of hydrogen-bond acceptors (Lipinski definition) is 2. The lowest BCUT2D eigenvalue weighted by molar-refractivity contribution is 0.296. The van der Waals surface area contributed by atoms with Crippen LogP contribution in [0.2, 0.25) is 0 Å². The molecule has 1 aliphatic carbocycles. The number of aromatic nitrogens is 2. The van der Waals surface area contributed by atoms with Crippen molar-refractivity contribution in [2.24, 2.45) is 0 Å². The molecular weight excluding hydrogens is 281 g/mol. The van der Waals surface area contributed by atoms with E-state index in [2.05, 4.69) is 23.8 Å². The molecule has 1 spiro atoms. The molecule has 0 atom stereocenters. The quantitative estimate of drug-likeness (QED) is 0.910. The maximum absolute atomic E-state index is 4.95. The molecule has 0 aromatic carbocycles. The van der Waals surface area contributed by atoms with E-state index >= 15 is 0 Å². The van der Waals surface area contributed by atoms with Crippen LogP contribution in [0.3, 0.4) is 0 Å². The molecule has 3 nitrogen and oxygen atoms in total. The number of nitrogens with one attached hydrogen (secondary N) is 1. The van der Waals surface area contributed by atoms with Crippen LogP contribution in [0.4, 0.5) is 0 Å². The zero-order chi connectivity index (χ0) is 11.9. The lowest BCUT2D eigenvalue weighted by Gasteiger charge is -2.33. The Balaban J connectivity index is 0.000000902. The van der Waals surface area contributed by atoms with Gasteiger partial charge in [-0.05, 0) is 57.7 Å². The van der Waals surface area contributed by atoms with E-state index in [9.17, 15) is 0 Å². The molecule has 5 heteroatoms. The zero-order valence-corrected chi connectivity index (χ0v) is 13.5. The van der Waals surface area contributed by atoms with E-state index in [4.69, 9.17) is 5.10 Å². The van der Waals surface area contributed by atoms with Crippen molar-refractivity contribution < 1.29 is 0 Å². The third-order valence-corrected chi connectivity index (χ3v) is 4.72. The van der Waals surface area contributed by atoms with Crippen LogP contribution in [0.1, 0.15) is 50.1 Å². The first-order chi connectivity index (χ1) is 8.30. The van der Waals surface area contributed by atoms with Gasteiger partial charge < -0.3 is 5.32 Å². The summed E-state index contributed by atoms with van der Waals surface area (Å²) in [6, 6.07) is 0. The average molecular weight is 306 g/mol. The predicted octanol–water partition coefficient (Wildman–Crippen LogP) is 2.88. The normalized spacial score (nSPS) is 19.7. The van der Waals surface area contributed by atoms with Crippen molar-refractivity contribution in [2.75, 3.05) is 13.1 Å². The molecule has 110 valence electrons. The second-order valence-corrected chi connectivity index (χ2v) is 5.47. The van der Waals surface area contributed by atoms with Crippen molar-refractivity contribution in [3.05, 3.63) is 17.0 Å². The third kappa shape index (κ3) is 2.53. The van der Waals surface area contributed by atoms with Gasteiger partial charge in [0.15, 0.2) is 0 Å². The molecule has 0 unspecified atom stereocenters. The van der Waals surface area contributed by atoms with Crippen LogP contribution < -0.4 is 5.32 Å². The minimum absolute atomic E-state index is 0. The molecule has 0 radical (unpaired) electrons. The van der Waals surface area contributed by atoms with Gasteiger partial charge in [-0.3, -0.25) is 4.68 Å². The van der Waals surface area contributed by atoms with Crippen LogP contribution in [0.25, 0.3) is 0 Å². The number of piperidine rings is 1. The van der Waals surface area contributed by atoms with Crippen molar-refractivity contribution >= 4 is 24.8 Å². The van der Waals surface area contributed by atoms with E-state index in [1.165, 1.54) is 50.2 Å². The molecule has 0 amide bonds. The van der Waals surface area contributed by atoms with Crippen LogP contribution in [-0.2, 0) is 24.8 Å². The first kappa shape index (κ1) is 16.8. The second kappa shape index (κ2) is 6.47. The highest BCUT2D eigenvalue weighted by Crippen LogP contribution is 2.45. The topological polar surface area (TPSA) is 29.9 Å². The third-order valence-electron chi connectivity index (χ3n) is 4.72. The van der Waals surface area contributed by atoms with E-state index in [1.54, 1.807) is 5.56 Å². The number of nitrogens with zero attached hydrogens (tertiary/aromatic N) is 2. The van der Waals surface area contributed by atoms with Crippen LogP contribution in [0.5, 0.6) is 0 Å². The van der Waals surface area contributed by atoms with E-state index in [1.807, 2.05) is 0 Å². The largest absolute Gasteiger partial charge is 0.317 e. The van der Waals surface area contributed by atoms with Crippen molar-refractivity contribution in [1.82, 2.24) is 15.1 Å². The highest BCUT2D eigenvalue weighted by Gasteiger charge is 2.43. The summed E-state index contributed by atoms with van der Waals surface area (Å²) >= 11 is 0. The standard InChI is InChI=1S/C14H23N3.2ClH/c1-3-12-11-5-6-14(7-9-15-10-8-14)13(11)16-17(12)4-2;;/h15H,3-10H2,1-2H3;2*1H. The summed E-state index contributed by atoms with van der Waals surface area (Å²) in [5.74, 6) is 0. The lowest BCUT2D eigenvalue weighted by atomic mass is 9.77. The molecule has 19 heavy (non-hydrogen) atoms. The van der Waals surface area contributed by atoms with E-state index < -0.39 is 0 Å². The summed E-state index contributed by atoms with van der Waals surface area (Å²) in [5, 5.41) is 8.43. The van der Waals surface area contributed by atoms with Crippen molar-refractivity contribution in [3.8, 4) is 0 Å². The molecule has 0 bridgehead atoms. The summed E-state index contributed by atoms with van der Waals surface area (Å²) in [4.78, 5) is 0. The van der Waals surface area contributed by atoms with Crippen LogP contribution in [0, 0.1) is 0 Å². The number of rotatable bonds is 2. The summed E-state index contributed by atoms with van der Waals surface area (Å²) in [5.41, 5.74) is 4.97. The first-order valence-electron chi connectivity index (χ1n) is 7.10. The van der Waals surface area contributed by atoms with Gasteiger partial charge in [0.25, 0.3) is 0 Å². The Hall–Kier alpha value is -0.250. The van der Waals surface area contributed by atoms with Gasteiger partial charge in [-0.15, -0.1) is 24.8 Å². The van der Waals surface area contributed by atoms with Gasteiger partial charge in [0.05, 0.1) is 5.69 Å². The molecule has 1 saturated heterocycles. The van der Waals surface area contributed by atoms with E-state index in [0.717, 1.165) is 13.0 Å². The number of aryl methyl sites for hydroxylation is 1. The van der Waals surface area contributed by atoms with Gasteiger partial charge >= 0.3 is 0 Å². The summed E-state index contributed by atoms with van der Waals surface area (Å²) in [6.07, 6.45) is 6.29. The number of halogens is 2. The molecule has 3 rings (SSSR count). The average Bonchev–Trinajstić information content (AvgIpc) is 2.89. The smallest absolute Gasteiger partial charge is 0.0722 e. The Bertz CT molecular complexity index is 423. The molecular formula is C14H25Cl2N3. The summed E-state index contributed by atoms with van der Waals surface area (Å²) < 4.78 is 2.24. The number of hydrogen-bond donors (Lipinski definition) is 1. The van der Waals surface area contributed by atoms with Crippen molar-refractivity contribution in [3.63, 3.8) is 0 Å². The molecule has 1 N–H and O–H groups in total. The fourth-order valence-electron chi connectivity index (χ4n) is 3.76. The second-order valence-electron chi connectivity index (χ2n) is 5.47. The van der Waals surface area contributed by atoms with Gasteiger partial charge in [-0.1, -0.05) is 6.92 Å². The van der Waals surface area contributed by atoms with Gasteiger partial charge in [0.2, 0.25) is 0 Å². The molecule has 2 aliphatic rings. The minimum Gasteiger partial charge on any atom is -0.317 e. The van der Waals surface area contributed by atoms with Crippen LogP contribution in [0.15, 0.2) is 0 Å². The van der Waals surface area contributed by atoms with Crippen molar-refractivity contribution in [2.45, 2.75) is 57.9 Å². The maximum atomic E-state index is 4.95. The molecule has 0 saturated carbocycles. The fraction of sp³-hybridized carbons (Fsp3) is 0.786. The Morgan fingerprint density at radius 2 is 1.84 bits per heavy atom. The highest BCUT2D eigenvalue weighted by molar-refractivity contribution is 5.85. The van der Waals surface area contributed by atoms with E-state index in [-0.39, 0.29) is 24.8 Å². The zero-order valence-electron chi connectivity index (χ0n) is 11.9. The summed E-state index contributed by atoms with van der Waals surface area (Å²) in [6.45, 7) is 7.82. The SMILES string of the molecule is CCc1c2c(nn1CC)C1(CCNCC1)CC2.Cl.Cl. The van der Waals surface area contributed by atoms with Gasteiger partial charge in [0.1, 0.15) is 0 Å². The number of fused-ring (bicyclic) bond motifs is 2.